The molecule has 4 N–H and O–H groups in total. The number of methoxy groups -OCH3 is 1. The van der Waals surface area contributed by atoms with Crippen molar-refractivity contribution in [2.75, 3.05) is 24.7 Å². The SMILES string of the molecule is COc1ccc(CCNc2c(N)cccc2O)cc1. The minimum absolute atomic E-state index is 0.176. The number of rotatable bonds is 5. The van der Waals surface area contributed by atoms with Crippen molar-refractivity contribution in [2.24, 2.45) is 0 Å². The van der Waals surface area contributed by atoms with Gasteiger partial charge in [0.1, 0.15) is 11.5 Å². The highest BCUT2D eigenvalue weighted by atomic mass is 16.5. The molecular weight excluding hydrogens is 240 g/mol. The molecule has 0 spiro atoms. The van der Waals surface area contributed by atoms with Gasteiger partial charge in [0, 0.05) is 6.54 Å². The van der Waals surface area contributed by atoms with E-state index in [0.29, 0.717) is 17.9 Å². The zero-order valence-corrected chi connectivity index (χ0v) is 10.9. The lowest BCUT2D eigenvalue weighted by Crippen LogP contribution is -2.07. The van der Waals surface area contributed by atoms with Crippen molar-refractivity contribution in [1.82, 2.24) is 0 Å². The van der Waals surface area contributed by atoms with E-state index in [1.165, 1.54) is 5.56 Å². The van der Waals surface area contributed by atoms with Gasteiger partial charge in [0.15, 0.2) is 0 Å². The Morgan fingerprint density at radius 3 is 2.53 bits per heavy atom. The highest BCUT2D eigenvalue weighted by Gasteiger charge is 2.03. The van der Waals surface area contributed by atoms with E-state index in [-0.39, 0.29) is 5.75 Å². The molecule has 2 rings (SSSR count). The van der Waals surface area contributed by atoms with E-state index in [4.69, 9.17) is 10.5 Å². The number of ether oxygens (including phenoxy) is 1. The number of anilines is 2. The number of hydrogen-bond acceptors (Lipinski definition) is 4. The van der Waals surface area contributed by atoms with Crippen LogP contribution in [0.5, 0.6) is 11.5 Å². The van der Waals surface area contributed by atoms with Crippen LogP contribution in [0.4, 0.5) is 11.4 Å². The van der Waals surface area contributed by atoms with Gasteiger partial charge in [-0.1, -0.05) is 18.2 Å². The Balaban J connectivity index is 1.92. The fraction of sp³-hybridized carbons (Fsp3) is 0.200. The van der Waals surface area contributed by atoms with Crippen molar-refractivity contribution in [2.45, 2.75) is 6.42 Å². The van der Waals surface area contributed by atoms with Crippen molar-refractivity contribution >= 4 is 11.4 Å². The Kier molecular flexibility index (Phi) is 4.13. The Morgan fingerprint density at radius 2 is 1.89 bits per heavy atom. The van der Waals surface area contributed by atoms with E-state index in [2.05, 4.69) is 5.32 Å². The molecule has 2 aromatic carbocycles. The molecule has 0 saturated carbocycles. The van der Waals surface area contributed by atoms with Crippen LogP contribution in [0, 0.1) is 0 Å². The van der Waals surface area contributed by atoms with Gasteiger partial charge in [-0.05, 0) is 36.2 Å². The zero-order chi connectivity index (χ0) is 13.7. The molecule has 100 valence electrons. The molecule has 0 aromatic heterocycles. The van der Waals surface area contributed by atoms with Gasteiger partial charge in [0.05, 0.1) is 18.5 Å². The molecule has 0 amide bonds. The van der Waals surface area contributed by atoms with Crippen molar-refractivity contribution < 1.29 is 9.84 Å². The Hall–Kier alpha value is -2.36. The predicted molar refractivity (Wildman–Crippen MR) is 77.7 cm³/mol. The Labute approximate surface area is 112 Å². The fourth-order valence-corrected chi connectivity index (χ4v) is 1.87. The van der Waals surface area contributed by atoms with E-state index in [9.17, 15) is 5.11 Å². The third-order valence-corrected chi connectivity index (χ3v) is 2.95. The number of phenolic OH excluding ortho intramolecular Hbond substituents is 1. The van der Waals surface area contributed by atoms with E-state index in [1.54, 1.807) is 25.3 Å². The number of nitrogen functional groups attached to an aromatic ring is 1. The summed E-state index contributed by atoms with van der Waals surface area (Å²) in [6.07, 6.45) is 0.845. The van der Waals surface area contributed by atoms with Crippen molar-refractivity contribution in [3.05, 3.63) is 48.0 Å². The van der Waals surface area contributed by atoms with E-state index in [1.807, 2.05) is 24.3 Å². The maximum absolute atomic E-state index is 9.70. The van der Waals surface area contributed by atoms with Crippen LogP contribution < -0.4 is 15.8 Å². The summed E-state index contributed by atoms with van der Waals surface area (Å²) in [4.78, 5) is 0. The number of benzene rings is 2. The number of nitrogens with one attached hydrogen (secondary N) is 1. The van der Waals surface area contributed by atoms with Crippen LogP contribution in [-0.4, -0.2) is 18.8 Å². The van der Waals surface area contributed by atoms with Crippen molar-refractivity contribution in [1.29, 1.82) is 0 Å². The molecule has 19 heavy (non-hydrogen) atoms. The van der Waals surface area contributed by atoms with Crippen molar-refractivity contribution in [3.63, 3.8) is 0 Å². The van der Waals surface area contributed by atoms with Crippen LogP contribution >= 0.6 is 0 Å². The smallest absolute Gasteiger partial charge is 0.140 e. The minimum Gasteiger partial charge on any atom is -0.506 e. The fourth-order valence-electron chi connectivity index (χ4n) is 1.87. The molecule has 4 heteroatoms. The quantitative estimate of drug-likeness (QED) is 0.569. The zero-order valence-electron chi connectivity index (χ0n) is 10.9. The van der Waals surface area contributed by atoms with Crippen LogP contribution in [0.25, 0.3) is 0 Å². The molecule has 2 aromatic rings. The molecule has 0 unspecified atom stereocenters. The molecule has 0 radical (unpaired) electrons. The molecule has 0 aliphatic carbocycles. The molecular formula is C15H18N2O2. The normalized spacial score (nSPS) is 10.2. The highest BCUT2D eigenvalue weighted by Crippen LogP contribution is 2.28. The summed E-state index contributed by atoms with van der Waals surface area (Å²) in [7, 11) is 1.65. The van der Waals surface area contributed by atoms with Gasteiger partial charge in [-0.3, -0.25) is 0 Å². The van der Waals surface area contributed by atoms with Gasteiger partial charge in [0.2, 0.25) is 0 Å². The van der Waals surface area contributed by atoms with Gasteiger partial charge in [-0.2, -0.15) is 0 Å². The van der Waals surface area contributed by atoms with Gasteiger partial charge >= 0.3 is 0 Å². The van der Waals surface area contributed by atoms with Gasteiger partial charge in [-0.15, -0.1) is 0 Å². The molecule has 0 saturated heterocycles. The highest BCUT2D eigenvalue weighted by molar-refractivity contribution is 5.72. The second-order valence-electron chi connectivity index (χ2n) is 4.27. The van der Waals surface area contributed by atoms with E-state index >= 15 is 0 Å². The monoisotopic (exact) mass is 258 g/mol. The number of hydrogen-bond donors (Lipinski definition) is 3. The maximum Gasteiger partial charge on any atom is 0.140 e. The minimum atomic E-state index is 0.176. The molecule has 0 fully saturated rings. The number of phenols is 1. The summed E-state index contributed by atoms with van der Waals surface area (Å²) < 4.78 is 5.11. The van der Waals surface area contributed by atoms with Gasteiger partial charge in [0.25, 0.3) is 0 Å². The van der Waals surface area contributed by atoms with Crippen LogP contribution in [0.15, 0.2) is 42.5 Å². The standard InChI is InChI=1S/C15H18N2O2/c1-19-12-7-5-11(6-8-12)9-10-17-15-13(16)3-2-4-14(15)18/h2-8,17-18H,9-10,16H2,1H3. The predicted octanol–water partition coefficient (Wildman–Crippen LogP) is 2.64. The van der Waals surface area contributed by atoms with Crippen LogP contribution in [0.2, 0.25) is 0 Å². The molecule has 0 aliphatic rings. The summed E-state index contributed by atoms with van der Waals surface area (Å²) in [5, 5.41) is 12.8. The molecule has 4 nitrogen and oxygen atoms in total. The molecule has 0 atom stereocenters. The first-order valence-electron chi connectivity index (χ1n) is 6.15. The van der Waals surface area contributed by atoms with Crippen LogP contribution in [-0.2, 0) is 6.42 Å². The first-order chi connectivity index (χ1) is 9.20. The topological polar surface area (TPSA) is 67.5 Å². The number of aromatic hydroxyl groups is 1. The average Bonchev–Trinajstić information content (AvgIpc) is 2.43. The Morgan fingerprint density at radius 1 is 1.16 bits per heavy atom. The van der Waals surface area contributed by atoms with Gasteiger partial charge < -0.3 is 20.9 Å². The summed E-state index contributed by atoms with van der Waals surface area (Å²) in [6.45, 7) is 0.702. The second kappa shape index (κ2) is 6.00. The molecule has 0 bridgehead atoms. The molecule has 0 aliphatic heterocycles. The summed E-state index contributed by atoms with van der Waals surface area (Å²) in [6, 6.07) is 13.0. The summed E-state index contributed by atoms with van der Waals surface area (Å²) in [5.41, 5.74) is 8.14. The van der Waals surface area contributed by atoms with E-state index in [0.717, 1.165) is 12.2 Å². The van der Waals surface area contributed by atoms with Crippen LogP contribution in [0.1, 0.15) is 5.56 Å². The lowest BCUT2D eigenvalue weighted by Gasteiger charge is -2.11. The third kappa shape index (κ3) is 3.31. The Bertz CT molecular complexity index is 518. The first-order valence-corrected chi connectivity index (χ1v) is 6.15. The van der Waals surface area contributed by atoms with Crippen LogP contribution in [0.3, 0.4) is 0 Å². The lowest BCUT2D eigenvalue weighted by atomic mass is 10.1. The number of nitrogens with two attached hydrogens (primary N) is 1. The number of para-hydroxylation sites is 1. The summed E-state index contributed by atoms with van der Waals surface area (Å²) >= 11 is 0. The third-order valence-electron chi connectivity index (χ3n) is 2.95. The largest absolute Gasteiger partial charge is 0.506 e. The summed E-state index contributed by atoms with van der Waals surface area (Å²) in [5.74, 6) is 1.02. The first kappa shape index (κ1) is 13.1. The lowest BCUT2D eigenvalue weighted by molar-refractivity contribution is 0.414. The van der Waals surface area contributed by atoms with Crippen molar-refractivity contribution in [3.8, 4) is 11.5 Å². The second-order valence-corrected chi connectivity index (χ2v) is 4.27. The van der Waals surface area contributed by atoms with Gasteiger partial charge in [-0.25, -0.2) is 0 Å². The maximum atomic E-state index is 9.70. The molecule has 0 heterocycles. The van der Waals surface area contributed by atoms with E-state index < -0.39 is 0 Å². The average molecular weight is 258 g/mol.